The third-order valence-corrected chi connectivity index (χ3v) is 23.6. The van der Waals surface area contributed by atoms with E-state index in [0.717, 1.165) is 51.6 Å². The molecule has 0 bridgehead atoms. The van der Waals surface area contributed by atoms with Crippen LogP contribution in [0.3, 0.4) is 0 Å². The van der Waals surface area contributed by atoms with E-state index in [2.05, 4.69) is 33.8 Å². The molecule has 11 fully saturated rings. The molecule has 8 aliphatic heterocycles. The average Bonchev–Trinajstić information content (AvgIpc) is 1.50. The van der Waals surface area contributed by atoms with Gasteiger partial charge in [-0.1, -0.05) is 39.3 Å². The number of hydrogen-bond acceptors (Lipinski definition) is 30. The summed E-state index contributed by atoms with van der Waals surface area (Å²) in [6.07, 6.45) is -40.9. The SMILES string of the molecule is CC1CC[C@@]2(OC1)OC1C[C@H]3[C@@H]4CC=C5CC(OC6OC(CO)C(OC7OC(CO)C(O)C(OC8OCC(O)C(O)C8O)C7OC7OC(CO)C(OC8OC(C)C(OC9OC(C)C(O)C(O)C9O)C(O)C8O)C(O)C7O)C(O)C6O)CCC5(C)[C@H]4CCC3(C)C1C2C. The summed E-state index contributed by atoms with van der Waals surface area (Å²) in [4.78, 5) is 0. The van der Waals surface area contributed by atoms with E-state index in [9.17, 15) is 81.7 Å². The highest BCUT2D eigenvalue weighted by Gasteiger charge is 2.69. The van der Waals surface area contributed by atoms with Gasteiger partial charge in [0.1, 0.15) is 128 Å². The molecule has 36 unspecified atom stereocenters. The minimum Gasteiger partial charge on any atom is -0.394 e. The Morgan fingerprint density at radius 3 is 1.65 bits per heavy atom. The van der Waals surface area contributed by atoms with Crippen molar-refractivity contribution in [1.29, 1.82) is 0 Å². The van der Waals surface area contributed by atoms with E-state index >= 15 is 0 Å². The highest BCUT2D eigenvalue weighted by atomic mass is 16.8. The molecule has 0 aromatic carbocycles. The van der Waals surface area contributed by atoms with E-state index in [4.69, 9.17) is 66.3 Å². The predicted molar refractivity (Wildman–Crippen MR) is 305 cm³/mol. The first-order chi connectivity index (χ1) is 43.7. The Kier molecular flexibility index (Phi) is 21.1. The lowest BCUT2D eigenvalue weighted by molar-refractivity contribution is -0.409. The molecule has 16 N–H and O–H groups in total. The Balaban J connectivity index is 0.723. The van der Waals surface area contributed by atoms with Crippen molar-refractivity contribution in [2.24, 2.45) is 46.3 Å². The van der Waals surface area contributed by atoms with Gasteiger partial charge < -0.3 is 148 Å². The molecule has 92 heavy (non-hydrogen) atoms. The Morgan fingerprint density at radius 1 is 0.478 bits per heavy atom. The van der Waals surface area contributed by atoms with E-state index < -0.39 is 216 Å². The van der Waals surface area contributed by atoms with Crippen LogP contribution in [0.25, 0.3) is 0 Å². The second-order valence-corrected chi connectivity index (χ2v) is 29.0. The highest BCUT2D eigenvalue weighted by molar-refractivity contribution is 5.27. The minimum atomic E-state index is -2.21. The number of aliphatic hydroxyl groups is 16. The Hall–Kier alpha value is -1.46. The molecule has 0 amide bonds. The minimum absolute atomic E-state index is 0.0975. The molecule has 0 aromatic heterocycles. The predicted octanol–water partition coefficient (Wildman–Crippen LogP) is -4.65. The van der Waals surface area contributed by atoms with Gasteiger partial charge in [0.2, 0.25) is 0 Å². The lowest BCUT2D eigenvalue weighted by Gasteiger charge is -2.58. The van der Waals surface area contributed by atoms with Crippen LogP contribution in [0.4, 0.5) is 0 Å². The lowest BCUT2D eigenvalue weighted by Crippen LogP contribution is -2.69. The van der Waals surface area contributed by atoms with E-state index in [0.29, 0.717) is 48.3 Å². The van der Waals surface area contributed by atoms with Crippen LogP contribution in [0.5, 0.6) is 0 Å². The van der Waals surface area contributed by atoms with Crippen LogP contribution in [0.1, 0.15) is 99.3 Å². The van der Waals surface area contributed by atoms with Gasteiger partial charge in [-0.25, -0.2) is 0 Å². The summed E-state index contributed by atoms with van der Waals surface area (Å²) in [5.74, 6) is 2.22. The molecule has 12 aliphatic rings. The number of aliphatic hydroxyl groups excluding tert-OH is 16. The standard InChI is InChI=1S/C62H100O30/c1-22-9-14-62(80-20-22)23(2)36-32(92-62)16-30-28-8-7-26-15-27(10-12-60(26,5)29(28)11-13-61(30,36)6)83-57-47(77)42(72)51(35(19-65)85-57)89-59-53(52(39(69)33(17-63)84-59)90-54-44(74)38(68)31(66)21-79-54)91-58-48(78)43(73)50(34(18-64)86-58)88-56-46(76)41(71)49(25(4)82-56)87-55-45(75)40(70)37(67)24(3)81-55/h7,22-25,27-59,63-78H,8-21H2,1-6H3/t22?,23?,24?,25?,27?,28-,29+,30+,31?,32?,33?,34?,35?,36?,37?,38?,39?,40?,41?,42?,43?,44?,45?,46?,47?,48?,49?,50?,51?,52?,53?,54?,55?,56?,57?,58?,59?,60?,61?,62-/m1/s1. The third kappa shape index (κ3) is 12.4. The topological polar surface area (TPSA) is 453 Å². The van der Waals surface area contributed by atoms with Crippen molar-refractivity contribution < 1.29 is 148 Å². The van der Waals surface area contributed by atoms with E-state index in [1.165, 1.54) is 19.4 Å². The fourth-order valence-electron chi connectivity index (χ4n) is 18.2. The van der Waals surface area contributed by atoms with Crippen molar-refractivity contribution in [1.82, 2.24) is 0 Å². The summed E-state index contributed by atoms with van der Waals surface area (Å²) in [5, 5.41) is 177. The van der Waals surface area contributed by atoms with E-state index in [-0.39, 0.29) is 16.9 Å². The van der Waals surface area contributed by atoms with Crippen molar-refractivity contribution in [3.8, 4) is 0 Å². The monoisotopic (exact) mass is 1320 g/mol. The van der Waals surface area contributed by atoms with Gasteiger partial charge in [0, 0.05) is 12.3 Å². The van der Waals surface area contributed by atoms with Gasteiger partial charge in [-0.3, -0.25) is 0 Å². The van der Waals surface area contributed by atoms with Crippen LogP contribution in [0, 0.1) is 46.3 Å². The van der Waals surface area contributed by atoms with Crippen molar-refractivity contribution >= 4 is 0 Å². The smallest absolute Gasteiger partial charge is 0.187 e. The van der Waals surface area contributed by atoms with Crippen LogP contribution in [0.2, 0.25) is 0 Å². The number of fused-ring (bicyclic) bond motifs is 7. The maximum absolute atomic E-state index is 12.0. The zero-order valence-corrected chi connectivity index (χ0v) is 52.7. The second kappa shape index (κ2) is 27.6. The van der Waals surface area contributed by atoms with Gasteiger partial charge in [-0.05, 0) is 106 Å². The molecular formula is C62H100O30. The number of allylic oxidation sites excluding steroid dienone is 1. The first-order valence-corrected chi connectivity index (χ1v) is 33.2. The zero-order chi connectivity index (χ0) is 65.9. The van der Waals surface area contributed by atoms with Gasteiger partial charge in [0.25, 0.3) is 0 Å². The van der Waals surface area contributed by atoms with Crippen molar-refractivity contribution in [2.45, 2.75) is 295 Å². The van der Waals surface area contributed by atoms with Crippen molar-refractivity contribution in [3.63, 3.8) is 0 Å². The van der Waals surface area contributed by atoms with Crippen molar-refractivity contribution in [3.05, 3.63) is 11.6 Å². The van der Waals surface area contributed by atoms with E-state index in [1.54, 1.807) is 0 Å². The Morgan fingerprint density at radius 2 is 1.02 bits per heavy atom. The molecule has 30 nitrogen and oxygen atoms in total. The molecule has 3 saturated carbocycles. The molecule has 8 saturated heterocycles. The molecule has 4 aliphatic carbocycles. The summed E-state index contributed by atoms with van der Waals surface area (Å²) in [7, 11) is 0. The van der Waals surface area contributed by atoms with Gasteiger partial charge in [0.05, 0.1) is 57.5 Å². The Labute approximate surface area is 533 Å². The summed E-state index contributed by atoms with van der Waals surface area (Å²) in [6.45, 7) is 9.61. The van der Waals surface area contributed by atoms with Gasteiger partial charge >= 0.3 is 0 Å². The average molecular weight is 1330 g/mol. The summed E-state index contributed by atoms with van der Waals surface area (Å²) in [6, 6.07) is 0. The van der Waals surface area contributed by atoms with Crippen molar-refractivity contribution in [2.75, 3.05) is 33.0 Å². The molecule has 12 rings (SSSR count). The zero-order valence-electron chi connectivity index (χ0n) is 52.7. The molecule has 1 spiro atoms. The van der Waals surface area contributed by atoms with Gasteiger partial charge in [-0.15, -0.1) is 0 Å². The third-order valence-electron chi connectivity index (χ3n) is 23.6. The molecular weight excluding hydrogens is 1220 g/mol. The summed E-state index contributed by atoms with van der Waals surface area (Å²) in [5.41, 5.74) is 1.31. The molecule has 30 heteroatoms. The van der Waals surface area contributed by atoms with E-state index in [1.807, 2.05) is 0 Å². The fourth-order valence-corrected chi connectivity index (χ4v) is 18.2. The van der Waals surface area contributed by atoms with Gasteiger partial charge in [0.15, 0.2) is 43.5 Å². The quantitative estimate of drug-likeness (QED) is 0.0686. The maximum atomic E-state index is 12.0. The first kappa shape index (κ1) is 70.4. The maximum Gasteiger partial charge on any atom is 0.187 e. The summed E-state index contributed by atoms with van der Waals surface area (Å²) < 4.78 is 85.5. The molecule has 0 radical (unpaired) electrons. The second-order valence-electron chi connectivity index (χ2n) is 29.0. The van der Waals surface area contributed by atoms with Crippen LogP contribution in [-0.2, 0) is 66.3 Å². The van der Waals surface area contributed by atoms with Gasteiger partial charge in [-0.2, -0.15) is 0 Å². The van der Waals surface area contributed by atoms with Crippen LogP contribution in [-0.4, -0.2) is 311 Å². The first-order valence-electron chi connectivity index (χ1n) is 33.2. The normalized spacial score (nSPS) is 57.1. The van der Waals surface area contributed by atoms with Crippen LogP contribution < -0.4 is 0 Å². The van der Waals surface area contributed by atoms with Crippen LogP contribution in [0.15, 0.2) is 11.6 Å². The highest BCUT2D eigenvalue weighted by Crippen LogP contribution is 2.71. The number of ether oxygens (including phenoxy) is 14. The number of hydrogen-bond donors (Lipinski definition) is 16. The summed E-state index contributed by atoms with van der Waals surface area (Å²) >= 11 is 0. The fraction of sp³-hybridized carbons (Fsp3) is 0.968. The molecule has 0 aromatic rings. The Bertz CT molecular complexity index is 2490. The molecule has 8 heterocycles. The molecule has 528 valence electrons. The number of rotatable bonds is 15. The lowest BCUT2D eigenvalue weighted by atomic mass is 9.47. The molecule has 40 atom stereocenters. The largest absolute Gasteiger partial charge is 0.394 e. The van der Waals surface area contributed by atoms with Crippen LogP contribution >= 0.6 is 0 Å².